The number of nitrogens with one attached hydrogen (secondary N) is 1. The molecule has 0 bridgehead atoms. The molecule has 0 radical (unpaired) electrons. The second-order valence-electron chi connectivity index (χ2n) is 3.83. The van der Waals surface area contributed by atoms with Crippen molar-refractivity contribution in [2.45, 2.75) is 18.6 Å². The minimum Gasteiger partial charge on any atom is -0.397 e. The number of carbonyl (C=O) groups excluding carboxylic acids is 1. The van der Waals surface area contributed by atoms with E-state index in [1.807, 2.05) is 6.92 Å². The number of amides is 1. The lowest BCUT2D eigenvalue weighted by Crippen LogP contribution is -2.28. The molecule has 1 aromatic rings. The van der Waals surface area contributed by atoms with E-state index >= 15 is 0 Å². The Morgan fingerprint density at radius 2 is 2.29 bits per heavy atom. The average Bonchev–Trinajstić information content (AvgIpc) is 2.29. The number of pyridine rings is 1. The van der Waals surface area contributed by atoms with Crippen molar-refractivity contribution in [2.75, 3.05) is 18.5 Å². The largest absolute Gasteiger partial charge is 0.397 e. The van der Waals surface area contributed by atoms with Gasteiger partial charge in [-0.2, -0.15) is 0 Å². The van der Waals surface area contributed by atoms with Crippen LogP contribution >= 0.6 is 0 Å². The summed E-state index contributed by atoms with van der Waals surface area (Å²) in [5.74, 6) is -0.237. The zero-order chi connectivity index (χ0) is 12.8. The van der Waals surface area contributed by atoms with E-state index in [4.69, 9.17) is 5.73 Å². The summed E-state index contributed by atoms with van der Waals surface area (Å²) in [5.41, 5.74) is 6.33. The fraction of sp³-hybridized carbons (Fsp3) is 0.455. The van der Waals surface area contributed by atoms with Gasteiger partial charge in [0.1, 0.15) is 5.69 Å². The van der Waals surface area contributed by atoms with E-state index in [1.54, 1.807) is 18.4 Å². The highest BCUT2D eigenvalue weighted by Gasteiger charge is 2.09. The van der Waals surface area contributed by atoms with Crippen LogP contribution in [0.4, 0.5) is 5.69 Å². The molecule has 0 aliphatic carbocycles. The Bertz CT molecular complexity index is 406. The first kappa shape index (κ1) is 13.6. The third-order valence-electron chi connectivity index (χ3n) is 2.42. The summed E-state index contributed by atoms with van der Waals surface area (Å²) >= 11 is 0. The van der Waals surface area contributed by atoms with Gasteiger partial charge in [0.15, 0.2) is 0 Å². The molecule has 1 heterocycles. The predicted octanol–water partition coefficient (Wildman–Crippen LogP) is 0.551. The molecule has 94 valence electrons. The highest BCUT2D eigenvalue weighted by Crippen LogP contribution is 2.01. The zero-order valence-electron chi connectivity index (χ0n) is 9.97. The number of anilines is 1. The van der Waals surface area contributed by atoms with Crippen molar-refractivity contribution < 1.29 is 9.00 Å². The Balaban J connectivity index is 2.40. The molecular formula is C11H17N3O2S. The minimum atomic E-state index is -0.856. The van der Waals surface area contributed by atoms with E-state index in [2.05, 4.69) is 10.3 Å². The zero-order valence-corrected chi connectivity index (χ0v) is 10.8. The van der Waals surface area contributed by atoms with E-state index in [9.17, 15) is 9.00 Å². The van der Waals surface area contributed by atoms with Crippen molar-refractivity contribution >= 4 is 22.4 Å². The van der Waals surface area contributed by atoms with Crippen LogP contribution < -0.4 is 11.1 Å². The van der Waals surface area contributed by atoms with Gasteiger partial charge in [0.2, 0.25) is 0 Å². The van der Waals surface area contributed by atoms with Crippen molar-refractivity contribution in [2.24, 2.45) is 0 Å². The van der Waals surface area contributed by atoms with Crippen LogP contribution in [0, 0.1) is 0 Å². The van der Waals surface area contributed by atoms with Crippen LogP contribution in [-0.4, -0.2) is 33.2 Å². The quantitative estimate of drug-likeness (QED) is 0.804. The van der Waals surface area contributed by atoms with Gasteiger partial charge in [0, 0.05) is 28.9 Å². The van der Waals surface area contributed by atoms with Gasteiger partial charge in [0.25, 0.3) is 5.91 Å². The number of aromatic nitrogens is 1. The Hall–Kier alpha value is -1.43. The molecule has 1 aromatic heterocycles. The third-order valence-corrected chi connectivity index (χ3v) is 3.79. The van der Waals surface area contributed by atoms with Gasteiger partial charge in [-0.05, 0) is 18.6 Å². The van der Waals surface area contributed by atoms with Gasteiger partial charge in [0.05, 0.1) is 11.9 Å². The Kier molecular flexibility index (Phi) is 5.09. The summed E-state index contributed by atoms with van der Waals surface area (Å²) in [6, 6.07) is 3.21. The first-order chi connectivity index (χ1) is 8.00. The van der Waals surface area contributed by atoms with Crippen molar-refractivity contribution in [3.63, 3.8) is 0 Å². The van der Waals surface area contributed by atoms with Crippen LogP contribution in [0.3, 0.4) is 0 Å². The topological polar surface area (TPSA) is 85.1 Å². The van der Waals surface area contributed by atoms with Crippen LogP contribution in [0.15, 0.2) is 18.3 Å². The molecule has 6 heteroatoms. The smallest absolute Gasteiger partial charge is 0.269 e. The first-order valence-electron chi connectivity index (χ1n) is 5.32. The van der Waals surface area contributed by atoms with Crippen molar-refractivity contribution in [1.29, 1.82) is 0 Å². The van der Waals surface area contributed by atoms with Gasteiger partial charge in [-0.25, -0.2) is 4.98 Å². The van der Waals surface area contributed by atoms with Crippen molar-refractivity contribution in [3.05, 3.63) is 24.0 Å². The number of nitrogens with zero attached hydrogens (tertiary/aromatic N) is 1. The molecule has 1 amide bonds. The monoisotopic (exact) mass is 255 g/mol. The molecular weight excluding hydrogens is 238 g/mol. The predicted molar refractivity (Wildman–Crippen MR) is 69.1 cm³/mol. The maximum atomic E-state index is 11.6. The van der Waals surface area contributed by atoms with Gasteiger partial charge < -0.3 is 11.1 Å². The Morgan fingerprint density at radius 1 is 1.59 bits per heavy atom. The van der Waals surface area contributed by atoms with Crippen LogP contribution in [-0.2, 0) is 10.8 Å². The molecule has 0 fully saturated rings. The number of hydrogen-bond acceptors (Lipinski definition) is 4. The number of nitrogens with two attached hydrogens (primary N) is 1. The summed E-state index contributed by atoms with van der Waals surface area (Å²) in [5, 5.41) is 2.81. The molecule has 0 saturated carbocycles. The summed E-state index contributed by atoms with van der Waals surface area (Å²) in [7, 11) is -0.856. The second-order valence-corrected chi connectivity index (χ2v) is 5.63. The number of carbonyl (C=O) groups is 1. The SMILES string of the molecule is CC(CCNC(=O)c1ccc(N)cn1)S(C)=O. The fourth-order valence-electron chi connectivity index (χ4n) is 1.19. The fourth-order valence-corrected chi connectivity index (χ4v) is 1.63. The maximum Gasteiger partial charge on any atom is 0.269 e. The third kappa shape index (κ3) is 4.52. The maximum absolute atomic E-state index is 11.6. The van der Waals surface area contributed by atoms with E-state index in [0.717, 1.165) is 0 Å². The average molecular weight is 255 g/mol. The molecule has 0 aromatic carbocycles. The van der Waals surface area contributed by atoms with Crippen molar-refractivity contribution in [1.82, 2.24) is 10.3 Å². The number of nitrogen functional groups attached to an aromatic ring is 1. The molecule has 0 saturated heterocycles. The summed E-state index contributed by atoms with van der Waals surface area (Å²) in [6.07, 6.45) is 3.79. The first-order valence-corrected chi connectivity index (χ1v) is 6.94. The van der Waals surface area contributed by atoms with Crippen LogP contribution in [0.2, 0.25) is 0 Å². The lowest BCUT2D eigenvalue weighted by atomic mass is 10.3. The Morgan fingerprint density at radius 3 is 2.82 bits per heavy atom. The van der Waals surface area contributed by atoms with Crippen molar-refractivity contribution in [3.8, 4) is 0 Å². The molecule has 2 atom stereocenters. The molecule has 5 nitrogen and oxygen atoms in total. The van der Waals surface area contributed by atoms with Crippen LogP contribution in [0.1, 0.15) is 23.8 Å². The summed E-state index contributed by atoms with van der Waals surface area (Å²) in [6.45, 7) is 2.38. The molecule has 3 N–H and O–H groups in total. The van der Waals surface area contributed by atoms with Gasteiger partial charge >= 0.3 is 0 Å². The van der Waals surface area contributed by atoms with E-state index < -0.39 is 10.8 Å². The van der Waals surface area contributed by atoms with Crippen LogP contribution in [0.25, 0.3) is 0 Å². The lowest BCUT2D eigenvalue weighted by molar-refractivity contribution is 0.0948. The van der Waals surface area contributed by atoms with E-state index in [0.29, 0.717) is 24.3 Å². The molecule has 17 heavy (non-hydrogen) atoms. The standard InChI is InChI=1S/C11H17N3O2S/c1-8(17(2)16)5-6-13-11(15)10-4-3-9(12)7-14-10/h3-4,7-8H,5-6,12H2,1-2H3,(H,13,15). The highest BCUT2D eigenvalue weighted by molar-refractivity contribution is 7.84. The lowest BCUT2D eigenvalue weighted by Gasteiger charge is -2.08. The van der Waals surface area contributed by atoms with Gasteiger partial charge in [-0.1, -0.05) is 6.92 Å². The van der Waals surface area contributed by atoms with Crippen LogP contribution in [0.5, 0.6) is 0 Å². The molecule has 2 unspecified atom stereocenters. The second kappa shape index (κ2) is 6.34. The molecule has 0 spiro atoms. The summed E-state index contributed by atoms with van der Waals surface area (Å²) < 4.78 is 11.1. The Labute approximate surface area is 103 Å². The minimum absolute atomic E-state index is 0.0784. The number of rotatable bonds is 5. The van der Waals surface area contributed by atoms with Gasteiger partial charge in [-0.3, -0.25) is 9.00 Å². The number of hydrogen-bond donors (Lipinski definition) is 2. The van der Waals surface area contributed by atoms with E-state index in [1.165, 1.54) is 6.20 Å². The normalized spacial score (nSPS) is 14.0. The van der Waals surface area contributed by atoms with E-state index in [-0.39, 0.29) is 11.2 Å². The molecule has 1 rings (SSSR count). The highest BCUT2D eigenvalue weighted by atomic mass is 32.2. The molecule has 0 aliphatic heterocycles. The molecule has 0 aliphatic rings. The van der Waals surface area contributed by atoms with Gasteiger partial charge in [-0.15, -0.1) is 0 Å². The summed E-state index contributed by atoms with van der Waals surface area (Å²) in [4.78, 5) is 15.5.